The van der Waals surface area contributed by atoms with E-state index >= 15 is 0 Å². The number of hydrogen-bond donors (Lipinski definition) is 0. The van der Waals surface area contributed by atoms with Crippen LogP contribution in [0.2, 0.25) is 0 Å². The van der Waals surface area contributed by atoms with Gasteiger partial charge in [-0.25, -0.2) is 0 Å². The highest BCUT2D eigenvalue weighted by atomic mass is 79.9. The molecule has 12 heavy (non-hydrogen) atoms. The maximum atomic E-state index is 3.64. The van der Waals surface area contributed by atoms with Crippen LogP contribution in [0.3, 0.4) is 0 Å². The number of allylic oxidation sites excluding steroid dienone is 1. The molecule has 0 N–H and O–H groups in total. The van der Waals surface area contributed by atoms with Gasteiger partial charge in [0.25, 0.3) is 0 Å². The van der Waals surface area contributed by atoms with Crippen molar-refractivity contribution in [1.82, 2.24) is 0 Å². The summed E-state index contributed by atoms with van der Waals surface area (Å²) >= 11 is 6.93. The highest BCUT2D eigenvalue weighted by Gasteiger charge is 2.11. The van der Waals surface area contributed by atoms with Gasteiger partial charge < -0.3 is 0 Å². The molecule has 0 nitrogen and oxygen atoms in total. The first-order valence-electron chi connectivity index (χ1n) is 4.41. The fraction of sp³-hybridized carbons (Fsp3) is 0.800. The maximum Gasteiger partial charge on any atom is 0.0201 e. The highest BCUT2D eigenvalue weighted by molar-refractivity contribution is 9.11. The van der Waals surface area contributed by atoms with Crippen molar-refractivity contribution < 1.29 is 0 Å². The predicted molar refractivity (Wildman–Crippen MR) is 64.1 cm³/mol. The summed E-state index contributed by atoms with van der Waals surface area (Å²) in [5.74, 6) is 0.694. The van der Waals surface area contributed by atoms with E-state index in [1.165, 1.54) is 19.3 Å². The van der Waals surface area contributed by atoms with Gasteiger partial charge >= 0.3 is 0 Å². The Hall–Kier alpha value is 0.700. The molecule has 0 amide bonds. The summed E-state index contributed by atoms with van der Waals surface area (Å²) in [4.78, 5) is 1.96. The molecule has 0 aliphatic rings. The monoisotopic (exact) mass is 296 g/mol. The molecular weight excluding hydrogens is 280 g/mol. The lowest BCUT2D eigenvalue weighted by molar-refractivity contribution is 0.535. The minimum absolute atomic E-state index is 0.310. The van der Waals surface area contributed by atoms with Crippen molar-refractivity contribution in [3.63, 3.8) is 0 Å². The van der Waals surface area contributed by atoms with Crippen LogP contribution >= 0.6 is 31.9 Å². The van der Waals surface area contributed by atoms with Crippen LogP contribution in [0.25, 0.3) is 0 Å². The Kier molecular flexibility index (Phi) is 6.56. The molecule has 0 aliphatic heterocycles. The second-order valence-electron chi connectivity index (χ2n) is 3.91. The van der Waals surface area contributed by atoms with E-state index in [9.17, 15) is 0 Å². The molecule has 0 aliphatic carbocycles. The predicted octanol–water partition coefficient (Wildman–Crippen LogP) is 4.87. The van der Waals surface area contributed by atoms with Crippen LogP contribution in [-0.4, -0.2) is 4.32 Å². The van der Waals surface area contributed by atoms with Crippen LogP contribution in [0.15, 0.2) is 11.1 Å². The lowest BCUT2D eigenvalue weighted by Crippen LogP contribution is -2.08. The first kappa shape index (κ1) is 12.7. The van der Waals surface area contributed by atoms with Gasteiger partial charge in [-0.15, -0.1) is 0 Å². The van der Waals surface area contributed by atoms with E-state index in [4.69, 9.17) is 0 Å². The third-order valence-corrected chi connectivity index (χ3v) is 2.53. The molecule has 0 radical (unpaired) electrons. The summed E-state index contributed by atoms with van der Waals surface area (Å²) in [5, 5.41) is 0. The van der Waals surface area contributed by atoms with E-state index in [0.29, 0.717) is 10.2 Å². The van der Waals surface area contributed by atoms with Gasteiger partial charge in [-0.2, -0.15) is 0 Å². The minimum atomic E-state index is 0.310. The normalized spacial score (nSPS) is 15.4. The van der Waals surface area contributed by atoms with Crippen molar-refractivity contribution in [3.05, 3.63) is 11.1 Å². The van der Waals surface area contributed by atoms with Crippen LogP contribution in [0.1, 0.15) is 40.0 Å². The van der Waals surface area contributed by atoms with Crippen molar-refractivity contribution >= 4 is 31.9 Å². The first-order valence-corrected chi connectivity index (χ1v) is 6.12. The Morgan fingerprint density at radius 3 is 2.42 bits per heavy atom. The SMILES string of the molecule is CC(C=CBr)CCCC(C)(C)Br. The summed E-state index contributed by atoms with van der Waals surface area (Å²) in [6.07, 6.45) is 6.00. The molecule has 2 heteroatoms. The molecule has 0 aromatic rings. The van der Waals surface area contributed by atoms with Gasteiger partial charge in [0.1, 0.15) is 0 Å². The van der Waals surface area contributed by atoms with Gasteiger partial charge in [0.05, 0.1) is 0 Å². The lowest BCUT2D eigenvalue weighted by Gasteiger charge is -2.16. The van der Waals surface area contributed by atoms with Gasteiger partial charge in [0, 0.05) is 4.32 Å². The molecule has 0 bridgehead atoms. The lowest BCUT2D eigenvalue weighted by atomic mass is 10.00. The zero-order valence-corrected chi connectivity index (χ0v) is 11.3. The number of alkyl halides is 1. The van der Waals surface area contributed by atoms with Crippen molar-refractivity contribution in [2.45, 2.75) is 44.4 Å². The summed E-state index contributed by atoms with van der Waals surface area (Å²) in [5.41, 5.74) is 0. The van der Waals surface area contributed by atoms with E-state index in [-0.39, 0.29) is 0 Å². The molecular formula is C10H18Br2. The number of hydrogen-bond acceptors (Lipinski definition) is 0. The molecule has 72 valence electrons. The molecule has 0 rings (SSSR count). The number of rotatable bonds is 5. The van der Waals surface area contributed by atoms with Crippen LogP contribution < -0.4 is 0 Å². The fourth-order valence-corrected chi connectivity index (χ4v) is 1.87. The summed E-state index contributed by atoms with van der Waals surface area (Å²) in [6, 6.07) is 0. The van der Waals surface area contributed by atoms with Crippen LogP contribution in [0, 0.1) is 5.92 Å². The Morgan fingerprint density at radius 2 is 2.00 bits per heavy atom. The third-order valence-electron chi connectivity index (χ3n) is 1.83. The van der Waals surface area contributed by atoms with Gasteiger partial charge in [-0.3, -0.25) is 0 Å². The quantitative estimate of drug-likeness (QED) is 0.635. The molecule has 0 aromatic carbocycles. The Labute approximate surface area is 93.1 Å². The van der Waals surface area contributed by atoms with Crippen LogP contribution in [0.5, 0.6) is 0 Å². The Balaban J connectivity index is 3.43. The largest absolute Gasteiger partial charge is 0.0859 e. The van der Waals surface area contributed by atoms with Gasteiger partial charge in [-0.05, 0) is 23.7 Å². The van der Waals surface area contributed by atoms with Gasteiger partial charge in [0.2, 0.25) is 0 Å². The van der Waals surface area contributed by atoms with Crippen molar-refractivity contribution in [3.8, 4) is 0 Å². The average molecular weight is 298 g/mol. The summed E-state index contributed by atoms with van der Waals surface area (Å²) in [7, 11) is 0. The molecule has 0 aromatic heterocycles. The van der Waals surface area contributed by atoms with Crippen molar-refractivity contribution in [1.29, 1.82) is 0 Å². The standard InChI is InChI=1S/C10H18Br2/c1-9(6-8-11)5-4-7-10(2,3)12/h6,8-9H,4-5,7H2,1-3H3. The third kappa shape index (κ3) is 8.79. The molecule has 0 saturated carbocycles. The van der Waals surface area contributed by atoms with Gasteiger partial charge in [0.15, 0.2) is 0 Å². The minimum Gasteiger partial charge on any atom is -0.0859 e. The molecule has 0 saturated heterocycles. The van der Waals surface area contributed by atoms with E-state index in [1.807, 2.05) is 4.99 Å². The van der Waals surface area contributed by atoms with Crippen molar-refractivity contribution in [2.75, 3.05) is 0 Å². The Bertz CT molecular complexity index is 133. The smallest absolute Gasteiger partial charge is 0.0201 e. The maximum absolute atomic E-state index is 3.64. The zero-order valence-electron chi connectivity index (χ0n) is 8.11. The molecule has 0 spiro atoms. The highest BCUT2D eigenvalue weighted by Crippen LogP contribution is 2.24. The first-order chi connectivity index (χ1) is 5.45. The van der Waals surface area contributed by atoms with E-state index < -0.39 is 0 Å². The van der Waals surface area contributed by atoms with E-state index in [1.54, 1.807) is 0 Å². The zero-order chi connectivity index (χ0) is 9.61. The molecule has 0 heterocycles. The number of halogens is 2. The van der Waals surface area contributed by atoms with E-state index in [0.717, 1.165) is 0 Å². The van der Waals surface area contributed by atoms with Crippen LogP contribution in [0.4, 0.5) is 0 Å². The topological polar surface area (TPSA) is 0 Å². The second-order valence-corrected chi connectivity index (χ2v) is 6.58. The molecule has 0 fully saturated rings. The van der Waals surface area contributed by atoms with E-state index in [2.05, 4.69) is 58.7 Å². The van der Waals surface area contributed by atoms with Gasteiger partial charge in [-0.1, -0.05) is 65.1 Å². The fourth-order valence-electron chi connectivity index (χ4n) is 1.06. The second kappa shape index (κ2) is 6.20. The van der Waals surface area contributed by atoms with Crippen molar-refractivity contribution in [2.24, 2.45) is 5.92 Å². The Morgan fingerprint density at radius 1 is 1.42 bits per heavy atom. The molecule has 1 atom stereocenters. The summed E-state index contributed by atoms with van der Waals surface area (Å²) < 4.78 is 0.310. The molecule has 1 unspecified atom stereocenters. The average Bonchev–Trinajstić information content (AvgIpc) is 1.84. The summed E-state index contributed by atoms with van der Waals surface area (Å²) in [6.45, 7) is 6.69. The van der Waals surface area contributed by atoms with Crippen LogP contribution in [-0.2, 0) is 0 Å².